The molecule has 1 aliphatic heterocycles. The first-order chi connectivity index (χ1) is 12.2. The molecule has 1 aromatic carbocycles. The predicted octanol–water partition coefficient (Wildman–Crippen LogP) is 2.95. The number of benzene rings is 1. The van der Waals surface area contributed by atoms with E-state index in [1.807, 2.05) is 6.92 Å². The number of pyridine rings is 1. The number of carbonyl (C=O) groups excluding carboxylic acids is 1. The number of rotatable bonds is 5. The van der Waals surface area contributed by atoms with Crippen molar-refractivity contribution in [1.82, 2.24) is 10.3 Å². The van der Waals surface area contributed by atoms with Crippen LogP contribution < -0.4 is 15.4 Å². The fourth-order valence-electron chi connectivity index (χ4n) is 2.61. The quantitative estimate of drug-likeness (QED) is 0.833. The Morgan fingerprint density at radius 3 is 2.96 bits per heavy atom. The molecule has 0 radical (unpaired) electrons. The van der Waals surface area contributed by atoms with Crippen LogP contribution in [0.15, 0.2) is 36.5 Å². The summed E-state index contributed by atoms with van der Waals surface area (Å²) in [6, 6.07) is 7.73. The molecule has 0 saturated carbocycles. The second-order valence-corrected chi connectivity index (χ2v) is 5.57. The van der Waals surface area contributed by atoms with Gasteiger partial charge in [-0.15, -0.1) is 12.4 Å². The second kappa shape index (κ2) is 9.47. The maximum Gasteiger partial charge on any atom is 0.255 e. The number of anilines is 1. The van der Waals surface area contributed by atoms with Gasteiger partial charge < -0.3 is 20.1 Å². The van der Waals surface area contributed by atoms with E-state index in [4.69, 9.17) is 9.47 Å². The summed E-state index contributed by atoms with van der Waals surface area (Å²) in [5.74, 6) is -0.388. The molecular formula is C18H21ClFN3O3. The molecule has 0 bridgehead atoms. The molecule has 1 saturated heterocycles. The minimum Gasteiger partial charge on any atom is -0.478 e. The fraction of sp³-hybridized carbons (Fsp3) is 0.333. The van der Waals surface area contributed by atoms with E-state index in [-0.39, 0.29) is 24.4 Å². The third-order valence-electron chi connectivity index (χ3n) is 3.82. The number of carbonyl (C=O) groups is 1. The first-order valence-corrected chi connectivity index (χ1v) is 8.19. The molecule has 1 aromatic heterocycles. The zero-order valence-corrected chi connectivity index (χ0v) is 15.1. The Bertz CT molecular complexity index is 754. The number of aromatic nitrogens is 1. The lowest BCUT2D eigenvalue weighted by Gasteiger charge is -2.24. The maximum atomic E-state index is 14.4. The summed E-state index contributed by atoms with van der Waals surface area (Å²) in [6.07, 6.45) is 1.18. The zero-order valence-electron chi connectivity index (χ0n) is 14.3. The third-order valence-corrected chi connectivity index (χ3v) is 3.82. The van der Waals surface area contributed by atoms with Crippen LogP contribution in [0.25, 0.3) is 0 Å². The van der Waals surface area contributed by atoms with Crippen molar-refractivity contribution >= 4 is 24.0 Å². The van der Waals surface area contributed by atoms with Crippen LogP contribution in [0.1, 0.15) is 28.9 Å². The Morgan fingerprint density at radius 1 is 1.42 bits per heavy atom. The molecule has 0 spiro atoms. The van der Waals surface area contributed by atoms with E-state index in [9.17, 15) is 9.18 Å². The van der Waals surface area contributed by atoms with Crippen molar-refractivity contribution in [2.45, 2.75) is 13.0 Å². The van der Waals surface area contributed by atoms with E-state index < -0.39 is 5.82 Å². The molecule has 3 rings (SSSR count). The Morgan fingerprint density at radius 2 is 2.27 bits per heavy atom. The number of hydrogen-bond acceptors (Lipinski definition) is 5. The van der Waals surface area contributed by atoms with Crippen LogP contribution in [0.4, 0.5) is 10.1 Å². The van der Waals surface area contributed by atoms with Crippen molar-refractivity contribution in [2.75, 3.05) is 31.6 Å². The van der Waals surface area contributed by atoms with Crippen LogP contribution in [0.3, 0.4) is 0 Å². The minimum absolute atomic E-state index is 0. The van der Waals surface area contributed by atoms with E-state index in [0.29, 0.717) is 42.5 Å². The Balaban J connectivity index is 0.00000243. The van der Waals surface area contributed by atoms with Gasteiger partial charge in [-0.25, -0.2) is 9.37 Å². The van der Waals surface area contributed by atoms with Gasteiger partial charge >= 0.3 is 0 Å². The van der Waals surface area contributed by atoms with Crippen molar-refractivity contribution in [1.29, 1.82) is 0 Å². The normalized spacial score (nSPS) is 16.5. The average Bonchev–Trinajstić information content (AvgIpc) is 2.63. The monoisotopic (exact) mass is 381 g/mol. The molecule has 8 heteroatoms. The summed E-state index contributed by atoms with van der Waals surface area (Å²) in [5.41, 5.74) is 1.25. The highest BCUT2D eigenvalue weighted by Crippen LogP contribution is 2.24. The summed E-state index contributed by atoms with van der Waals surface area (Å²) >= 11 is 0. The molecule has 1 atom stereocenters. The lowest BCUT2D eigenvalue weighted by molar-refractivity contribution is 0.0255. The smallest absolute Gasteiger partial charge is 0.255 e. The zero-order chi connectivity index (χ0) is 17.6. The van der Waals surface area contributed by atoms with Crippen LogP contribution in [0.5, 0.6) is 5.88 Å². The highest BCUT2D eigenvalue weighted by Gasteiger charge is 2.19. The topological polar surface area (TPSA) is 72.5 Å². The maximum absolute atomic E-state index is 14.4. The van der Waals surface area contributed by atoms with Gasteiger partial charge in [0.1, 0.15) is 5.82 Å². The number of ether oxygens (including phenoxy) is 2. The molecule has 140 valence electrons. The van der Waals surface area contributed by atoms with Gasteiger partial charge in [-0.05, 0) is 25.1 Å². The summed E-state index contributed by atoms with van der Waals surface area (Å²) in [7, 11) is 0. The molecule has 26 heavy (non-hydrogen) atoms. The van der Waals surface area contributed by atoms with Crippen LogP contribution in [-0.2, 0) is 4.74 Å². The lowest BCUT2D eigenvalue weighted by atomic mass is 10.1. The number of nitrogens with zero attached hydrogens (tertiary/aromatic N) is 1. The molecule has 2 aromatic rings. The average molecular weight is 382 g/mol. The largest absolute Gasteiger partial charge is 0.478 e. The Hall–Kier alpha value is -2.22. The highest BCUT2D eigenvalue weighted by atomic mass is 35.5. The van der Waals surface area contributed by atoms with E-state index in [1.54, 1.807) is 24.3 Å². The molecule has 1 fully saturated rings. The summed E-state index contributed by atoms with van der Waals surface area (Å²) in [5, 5.41) is 5.85. The van der Waals surface area contributed by atoms with Gasteiger partial charge in [0.25, 0.3) is 5.91 Å². The van der Waals surface area contributed by atoms with Gasteiger partial charge in [-0.1, -0.05) is 6.07 Å². The van der Waals surface area contributed by atoms with Crippen LogP contribution >= 0.6 is 12.4 Å². The number of morpholine rings is 1. The molecule has 1 amide bonds. The molecular weight excluding hydrogens is 361 g/mol. The van der Waals surface area contributed by atoms with Crippen molar-refractivity contribution in [3.05, 3.63) is 53.5 Å². The predicted molar refractivity (Wildman–Crippen MR) is 98.6 cm³/mol. The second-order valence-electron chi connectivity index (χ2n) is 5.57. The van der Waals surface area contributed by atoms with E-state index in [2.05, 4.69) is 15.6 Å². The third kappa shape index (κ3) is 4.91. The number of halogens is 2. The van der Waals surface area contributed by atoms with Gasteiger partial charge in [-0.3, -0.25) is 4.79 Å². The van der Waals surface area contributed by atoms with Gasteiger partial charge in [0.05, 0.1) is 19.3 Å². The number of amides is 1. The van der Waals surface area contributed by atoms with Gasteiger partial charge in [0.2, 0.25) is 5.88 Å². The fourth-order valence-corrected chi connectivity index (χ4v) is 2.61. The first kappa shape index (κ1) is 20.1. The molecule has 0 unspecified atom stereocenters. The molecule has 6 nitrogen and oxygen atoms in total. The summed E-state index contributed by atoms with van der Waals surface area (Å²) in [4.78, 5) is 16.3. The summed E-state index contributed by atoms with van der Waals surface area (Å²) in [6.45, 7) is 4.18. The lowest BCUT2D eigenvalue weighted by Crippen LogP contribution is -2.33. The van der Waals surface area contributed by atoms with Crippen LogP contribution in [-0.4, -0.2) is 37.2 Å². The number of hydrogen-bond donors (Lipinski definition) is 2. The van der Waals surface area contributed by atoms with E-state index >= 15 is 0 Å². The summed E-state index contributed by atoms with van der Waals surface area (Å²) < 4.78 is 25.2. The Labute approximate surface area is 157 Å². The molecule has 1 aliphatic rings. The van der Waals surface area contributed by atoms with Crippen molar-refractivity contribution in [3.63, 3.8) is 0 Å². The first-order valence-electron chi connectivity index (χ1n) is 8.19. The number of nitrogens with one attached hydrogen (secondary N) is 2. The minimum atomic E-state index is -0.406. The molecule has 2 heterocycles. The van der Waals surface area contributed by atoms with Crippen LogP contribution in [0.2, 0.25) is 0 Å². The Kier molecular flexibility index (Phi) is 7.32. The highest BCUT2D eigenvalue weighted by molar-refractivity contribution is 6.04. The molecule has 2 N–H and O–H groups in total. The van der Waals surface area contributed by atoms with Crippen molar-refractivity contribution < 1.29 is 18.7 Å². The molecule has 0 aliphatic carbocycles. The van der Waals surface area contributed by atoms with Gasteiger partial charge in [0, 0.05) is 42.2 Å². The van der Waals surface area contributed by atoms with Crippen molar-refractivity contribution in [2.24, 2.45) is 0 Å². The van der Waals surface area contributed by atoms with E-state index in [1.165, 1.54) is 12.3 Å². The van der Waals surface area contributed by atoms with Gasteiger partial charge in [0.15, 0.2) is 0 Å². The van der Waals surface area contributed by atoms with Crippen LogP contribution in [0, 0.1) is 5.82 Å². The van der Waals surface area contributed by atoms with Crippen molar-refractivity contribution in [3.8, 4) is 5.88 Å². The van der Waals surface area contributed by atoms with Gasteiger partial charge in [-0.2, -0.15) is 0 Å². The standard InChI is InChI=1S/C18H20FN3O3.ClH/c1-2-24-17-9-12(5-6-21-17)18(23)22-13-3-4-14(15(19)10-13)16-11-20-7-8-25-16;/h3-6,9-10,16,20H,2,7-8,11H2,1H3,(H,22,23);1H/t16-;/m1./s1. The van der Waals surface area contributed by atoms with E-state index in [0.717, 1.165) is 6.54 Å². The SMILES string of the molecule is CCOc1cc(C(=O)Nc2ccc([C@H]3CNCCO3)c(F)c2)ccn1.Cl.